The number of halogens is 1. The van der Waals surface area contributed by atoms with Gasteiger partial charge < -0.3 is 4.90 Å². The number of amides is 1. The fourth-order valence-electron chi connectivity index (χ4n) is 4.75. The van der Waals surface area contributed by atoms with Crippen molar-refractivity contribution in [1.82, 2.24) is 25.1 Å². The van der Waals surface area contributed by atoms with E-state index in [0.29, 0.717) is 16.4 Å². The molecule has 148 valence electrons. The number of carbonyl (C=O) groups excluding carboxylic acids is 1. The first-order valence-electron chi connectivity index (χ1n) is 9.99. The molecule has 29 heavy (non-hydrogen) atoms. The van der Waals surface area contributed by atoms with E-state index in [0.717, 1.165) is 53.9 Å². The number of fused-ring (bicyclic) bond motifs is 4. The maximum atomic E-state index is 13.6. The summed E-state index contributed by atoms with van der Waals surface area (Å²) in [6.07, 6.45) is 5.44. The molecule has 0 saturated carbocycles. The molecule has 1 fully saturated rings. The van der Waals surface area contributed by atoms with Crippen LogP contribution in [0, 0.1) is 13.8 Å². The molecule has 2 bridgehead atoms. The number of aromatic amines is 1. The average Bonchev–Trinajstić information content (AvgIpc) is 3.24. The number of aryl methyl sites for hydroxylation is 2. The average molecular weight is 408 g/mol. The van der Waals surface area contributed by atoms with E-state index < -0.39 is 0 Å². The second-order valence-electron chi connectivity index (χ2n) is 7.91. The van der Waals surface area contributed by atoms with E-state index in [1.165, 1.54) is 0 Å². The molecule has 2 unspecified atom stereocenters. The van der Waals surface area contributed by atoms with Gasteiger partial charge in [0, 0.05) is 17.8 Å². The van der Waals surface area contributed by atoms with Crippen LogP contribution in [0.15, 0.2) is 30.5 Å². The smallest absolute Gasteiger partial charge is 0.256 e. The first-order valence-corrected chi connectivity index (χ1v) is 10.4. The summed E-state index contributed by atoms with van der Waals surface area (Å²) in [7, 11) is 0. The Morgan fingerprint density at radius 3 is 2.86 bits per heavy atom. The van der Waals surface area contributed by atoms with Crippen molar-refractivity contribution in [2.24, 2.45) is 0 Å². The van der Waals surface area contributed by atoms with E-state index in [9.17, 15) is 4.79 Å². The Hall–Kier alpha value is -2.73. The van der Waals surface area contributed by atoms with Crippen LogP contribution in [0.5, 0.6) is 0 Å². The van der Waals surface area contributed by atoms with Crippen LogP contribution in [0.25, 0.3) is 11.4 Å². The van der Waals surface area contributed by atoms with Crippen LogP contribution in [-0.4, -0.2) is 37.0 Å². The predicted octanol–water partition coefficient (Wildman–Crippen LogP) is 4.43. The number of hydrogen-bond donors (Lipinski definition) is 1. The molecule has 2 aliphatic rings. The Kier molecular flexibility index (Phi) is 4.39. The number of rotatable bonds is 2. The van der Waals surface area contributed by atoms with Crippen LogP contribution in [0.3, 0.4) is 0 Å². The molecule has 1 saturated heterocycles. The molecule has 1 N–H and O–H groups in total. The fourth-order valence-corrected chi connectivity index (χ4v) is 4.95. The third kappa shape index (κ3) is 2.94. The van der Waals surface area contributed by atoms with Gasteiger partial charge in [-0.25, -0.2) is 9.97 Å². The largest absolute Gasteiger partial charge is 0.327 e. The van der Waals surface area contributed by atoms with E-state index in [1.807, 2.05) is 43.0 Å². The molecule has 4 heterocycles. The molecular weight excluding hydrogens is 386 g/mol. The van der Waals surface area contributed by atoms with Crippen molar-refractivity contribution in [3.8, 4) is 11.4 Å². The lowest BCUT2D eigenvalue weighted by molar-refractivity contribution is 0.0389. The van der Waals surface area contributed by atoms with Crippen LogP contribution < -0.4 is 0 Å². The lowest BCUT2D eigenvalue weighted by Crippen LogP contribution is -2.50. The van der Waals surface area contributed by atoms with Crippen molar-refractivity contribution >= 4 is 17.5 Å². The maximum absolute atomic E-state index is 13.6. The molecule has 0 aliphatic carbocycles. The SMILES string of the molecule is Cc1nc(-c2ccn[nH]2)c2c(n1)C1CCCC(C2)N1C(=O)c1cccc(C)c1Cl. The summed E-state index contributed by atoms with van der Waals surface area (Å²) < 4.78 is 0. The summed E-state index contributed by atoms with van der Waals surface area (Å²) in [6, 6.07) is 7.65. The fraction of sp³-hybridized carbons (Fsp3) is 0.364. The molecule has 2 aliphatic heterocycles. The number of carbonyl (C=O) groups is 1. The van der Waals surface area contributed by atoms with Crippen molar-refractivity contribution < 1.29 is 4.79 Å². The van der Waals surface area contributed by atoms with E-state index in [4.69, 9.17) is 21.6 Å². The van der Waals surface area contributed by atoms with Crippen molar-refractivity contribution in [2.75, 3.05) is 0 Å². The van der Waals surface area contributed by atoms with Crippen LogP contribution in [0.4, 0.5) is 0 Å². The Bertz CT molecular complexity index is 1090. The second-order valence-corrected chi connectivity index (χ2v) is 8.29. The van der Waals surface area contributed by atoms with Gasteiger partial charge in [-0.15, -0.1) is 0 Å². The molecule has 5 rings (SSSR count). The quantitative estimate of drug-likeness (QED) is 0.681. The van der Waals surface area contributed by atoms with Gasteiger partial charge in [-0.1, -0.05) is 23.7 Å². The Balaban J connectivity index is 1.62. The van der Waals surface area contributed by atoms with Gasteiger partial charge in [0.25, 0.3) is 5.91 Å². The monoisotopic (exact) mass is 407 g/mol. The van der Waals surface area contributed by atoms with E-state index in [-0.39, 0.29) is 18.0 Å². The van der Waals surface area contributed by atoms with E-state index >= 15 is 0 Å². The summed E-state index contributed by atoms with van der Waals surface area (Å²) in [4.78, 5) is 25.1. The minimum atomic E-state index is -0.0510. The number of benzene rings is 1. The number of aromatic nitrogens is 4. The van der Waals surface area contributed by atoms with Gasteiger partial charge in [0.05, 0.1) is 33.7 Å². The van der Waals surface area contributed by atoms with Gasteiger partial charge in [-0.2, -0.15) is 5.10 Å². The predicted molar refractivity (Wildman–Crippen MR) is 111 cm³/mol. The zero-order chi connectivity index (χ0) is 20.1. The van der Waals surface area contributed by atoms with Gasteiger partial charge in [0.2, 0.25) is 0 Å². The van der Waals surface area contributed by atoms with Gasteiger partial charge >= 0.3 is 0 Å². The summed E-state index contributed by atoms with van der Waals surface area (Å²) in [6.45, 7) is 3.83. The van der Waals surface area contributed by atoms with Crippen LogP contribution in [-0.2, 0) is 6.42 Å². The van der Waals surface area contributed by atoms with Crippen molar-refractivity contribution in [3.63, 3.8) is 0 Å². The molecular formula is C22H22ClN5O. The number of H-pyrrole nitrogens is 1. The third-order valence-electron chi connectivity index (χ3n) is 6.06. The molecule has 3 aromatic rings. The minimum Gasteiger partial charge on any atom is -0.327 e. The maximum Gasteiger partial charge on any atom is 0.256 e. The highest BCUT2D eigenvalue weighted by Crippen LogP contribution is 2.44. The van der Waals surface area contributed by atoms with E-state index in [1.54, 1.807) is 6.20 Å². The van der Waals surface area contributed by atoms with Crippen molar-refractivity contribution in [2.45, 2.75) is 51.6 Å². The molecule has 1 amide bonds. The lowest BCUT2D eigenvalue weighted by atomic mass is 9.81. The molecule has 6 nitrogen and oxygen atoms in total. The lowest BCUT2D eigenvalue weighted by Gasteiger charge is -2.46. The summed E-state index contributed by atoms with van der Waals surface area (Å²) in [5.41, 5.74) is 5.39. The van der Waals surface area contributed by atoms with Gasteiger partial charge in [0.1, 0.15) is 5.82 Å². The number of nitrogens with zero attached hydrogens (tertiary/aromatic N) is 4. The first kappa shape index (κ1) is 18.3. The third-order valence-corrected chi connectivity index (χ3v) is 6.56. The van der Waals surface area contributed by atoms with Gasteiger partial charge in [-0.05, 0) is 57.2 Å². The minimum absolute atomic E-state index is 0.00148. The van der Waals surface area contributed by atoms with Crippen LogP contribution in [0.2, 0.25) is 5.02 Å². The molecule has 2 atom stereocenters. The van der Waals surface area contributed by atoms with Crippen molar-refractivity contribution in [1.29, 1.82) is 0 Å². The Labute approximate surface area is 174 Å². The molecule has 7 heteroatoms. The standard InChI is InChI=1S/C22H22ClN5O/c1-12-5-3-7-15(19(12)23)22(29)28-14-6-4-8-18(28)21-16(11-14)20(25-13(2)26-21)17-9-10-24-27-17/h3,5,7,9-10,14,18H,4,6,8,11H2,1-2H3,(H,24,27). The van der Waals surface area contributed by atoms with E-state index in [2.05, 4.69) is 10.2 Å². The Morgan fingerprint density at radius 2 is 2.07 bits per heavy atom. The highest BCUT2D eigenvalue weighted by molar-refractivity contribution is 6.34. The van der Waals surface area contributed by atoms with Crippen LogP contribution in [0.1, 0.15) is 58.3 Å². The molecule has 0 spiro atoms. The zero-order valence-corrected chi connectivity index (χ0v) is 17.2. The van der Waals surface area contributed by atoms with Crippen LogP contribution >= 0.6 is 11.6 Å². The normalized spacial score (nSPS) is 20.4. The number of piperidine rings is 1. The molecule has 0 radical (unpaired) electrons. The number of nitrogens with one attached hydrogen (secondary N) is 1. The highest BCUT2D eigenvalue weighted by Gasteiger charge is 2.43. The summed E-state index contributed by atoms with van der Waals surface area (Å²) in [5, 5.41) is 7.66. The molecule has 1 aromatic carbocycles. The Morgan fingerprint density at radius 1 is 1.21 bits per heavy atom. The summed E-state index contributed by atoms with van der Waals surface area (Å²) in [5.74, 6) is 0.705. The summed E-state index contributed by atoms with van der Waals surface area (Å²) >= 11 is 6.50. The van der Waals surface area contributed by atoms with Gasteiger partial charge in [0.15, 0.2) is 0 Å². The van der Waals surface area contributed by atoms with Crippen molar-refractivity contribution in [3.05, 3.63) is 63.7 Å². The molecule has 2 aromatic heterocycles. The first-order chi connectivity index (χ1) is 14.0. The second kappa shape index (κ2) is 6.95. The van der Waals surface area contributed by atoms with Gasteiger partial charge in [-0.3, -0.25) is 9.89 Å². The highest BCUT2D eigenvalue weighted by atomic mass is 35.5. The zero-order valence-electron chi connectivity index (χ0n) is 16.4. The number of hydrogen-bond acceptors (Lipinski definition) is 4. The topological polar surface area (TPSA) is 74.8 Å².